The van der Waals surface area contributed by atoms with Gasteiger partial charge in [0.1, 0.15) is 0 Å². The normalized spacial score (nSPS) is 13.9. The summed E-state index contributed by atoms with van der Waals surface area (Å²) in [4.78, 5) is 0. The second-order valence-corrected chi connectivity index (χ2v) is 11.3. The fourth-order valence-corrected chi connectivity index (χ4v) is 7.69. The maximum absolute atomic E-state index is 6.64. The first-order valence-electron chi connectivity index (χ1n) is 7.88. The summed E-state index contributed by atoms with van der Waals surface area (Å²) in [5.41, 5.74) is 6.00. The Morgan fingerprint density at radius 1 is 0.909 bits per heavy atom. The van der Waals surface area contributed by atoms with E-state index in [1.54, 1.807) is 0 Å². The molecular formula is C19H27NOSi. The predicted octanol–water partition coefficient (Wildman–Crippen LogP) is 2.91. The molecule has 2 rings (SSSR count). The highest BCUT2D eigenvalue weighted by Crippen LogP contribution is 2.36. The molecule has 2 nitrogen and oxygen atoms in total. The SMILES string of the molecule is CC(N)CO[Si](c1ccccc1)(c1ccccc1)C(C)(C)C. The van der Waals surface area contributed by atoms with Gasteiger partial charge in [-0.3, -0.25) is 0 Å². The largest absolute Gasteiger partial charge is 0.406 e. The molecule has 0 saturated heterocycles. The number of nitrogens with two attached hydrogens (primary N) is 1. The summed E-state index contributed by atoms with van der Waals surface area (Å²) in [6, 6.07) is 21.3. The van der Waals surface area contributed by atoms with Crippen LogP contribution in [0.25, 0.3) is 0 Å². The number of hydrogen-bond acceptors (Lipinski definition) is 2. The second-order valence-electron chi connectivity index (χ2n) is 6.95. The van der Waals surface area contributed by atoms with E-state index in [9.17, 15) is 0 Å². The molecule has 0 radical (unpaired) electrons. The highest BCUT2D eigenvalue weighted by atomic mass is 28.4. The topological polar surface area (TPSA) is 35.2 Å². The van der Waals surface area contributed by atoms with Crippen LogP contribution in [0.5, 0.6) is 0 Å². The van der Waals surface area contributed by atoms with E-state index in [4.69, 9.17) is 10.2 Å². The molecule has 3 heteroatoms. The molecule has 0 amide bonds. The van der Waals surface area contributed by atoms with Crippen molar-refractivity contribution in [1.29, 1.82) is 0 Å². The average molecular weight is 314 g/mol. The van der Waals surface area contributed by atoms with Crippen LogP contribution in [-0.4, -0.2) is 21.0 Å². The number of hydrogen-bond donors (Lipinski definition) is 1. The molecule has 118 valence electrons. The van der Waals surface area contributed by atoms with E-state index in [0.29, 0.717) is 6.61 Å². The van der Waals surface area contributed by atoms with Crippen molar-refractivity contribution in [3.8, 4) is 0 Å². The summed E-state index contributed by atoms with van der Waals surface area (Å²) in [6.07, 6.45) is 0. The highest BCUT2D eigenvalue weighted by Gasteiger charge is 2.50. The molecule has 0 aliphatic rings. The van der Waals surface area contributed by atoms with Gasteiger partial charge in [0.2, 0.25) is 0 Å². The Bertz CT molecular complexity index is 536. The van der Waals surface area contributed by atoms with Crippen LogP contribution in [0.3, 0.4) is 0 Å². The zero-order chi connectivity index (χ0) is 16.2. The van der Waals surface area contributed by atoms with Gasteiger partial charge in [0.25, 0.3) is 8.32 Å². The monoisotopic (exact) mass is 313 g/mol. The number of benzene rings is 2. The minimum atomic E-state index is -2.39. The van der Waals surface area contributed by atoms with Gasteiger partial charge in [0.05, 0.1) is 0 Å². The maximum atomic E-state index is 6.64. The van der Waals surface area contributed by atoms with Gasteiger partial charge in [0, 0.05) is 12.6 Å². The van der Waals surface area contributed by atoms with Gasteiger partial charge >= 0.3 is 0 Å². The fraction of sp³-hybridized carbons (Fsp3) is 0.368. The van der Waals surface area contributed by atoms with Gasteiger partial charge in [-0.2, -0.15) is 0 Å². The van der Waals surface area contributed by atoms with Crippen molar-refractivity contribution in [3.05, 3.63) is 60.7 Å². The summed E-state index contributed by atoms with van der Waals surface area (Å²) in [5.74, 6) is 0. The molecule has 0 fully saturated rings. The first-order chi connectivity index (χ1) is 10.4. The van der Waals surface area contributed by atoms with Crippen LogP contribution in [0.15, 0.2) is 60.7 Å². The van der Waals surface area contributed by atoms with Crippen LogP contribution < -0.4 is 16.1 Å². The third kappa shape index (κ3) is 3.32. The van der Waals surface area contributed by atoms with Crippen molar-refractivity contribution in [3.63, 3.8) is 0 Å². The van der Waals surface area contributed by atoms with Crippen LogP contribution in [0.1, 0.15) is 27.7 Å². The minimum absolute atomic E-state index is 0.0184. The zero-order valence-electron chi connectivity index (χ0n) is 14.0. The van der Waals surface area contributed by atoms with Gasteiger partial charge < -0.3 is 10.2 Å². The van der Waals surface area contributed by atoms with Crippen LogP contribution in [0.4, 0.5) is 0 Å². The molecule has 0 aromatic heterocycles. The molecular weight excluding hydrogens is 286 g/mol. The molecule has 0 aliphatic heterocycles. The maximum Gasteiger partial charge on any atom is 0.261 e. The Hall–Kier alpha value is -1.42. The van der Waals surface area contributed by atoms with Gasteiger partial charge in [-0.05, 0) is 22.3 Å². The standard InChI is InChI=1S/C19H27NOSi/c1-16(20)15-21-22(19(2,3)4,17-11-7-5-8-12-17)18-13-9-6-10-14-18/h5-14,16H,15,20H2,1-4H3. The van der Waals surface area contributed by atoms with Gasteiger partial charge in [-0.1, -0.05) is 81.4 Å². The van der Waals surface area contributed by atoms with E-state index in [0.717, 1.165) is 0 Å². The lowest BCUT2D eigenvalue weighted by atomic mass is 10.2. The van der Waals surface area contributed by atoms with Gasteiger partial charge in [0.15, 0.2) is 0 Å². The second kappa shape index (κ2) is 6.78. The predicted molar refractivity (Wildman–Crippen MR) is 97.2 cm³/mol. The molecule has 0 bridgehead atoms. The van der Waals surface area contributed by atoms with E-state index < -0.39 is 8.32 Å². The molecule has 22 heavy (non-hydrogen) atoms. The molecule has 0 aliphatic carbocycles. The average Bonchev–Trinajstić information content (AvgIpc) is 2.48. The first kappa shape index (κ1) is 16.9. The van der Waals surface area contributed by atoms with Crippen molar-refractivity contribution < 1.29 is 4.43 Å². The lowest BCUT2D eigenvalue weighted by Crippen LogP contribution is -2.67. The van der Waals surface area contributed by atoms with Crippen molar-refractivity contribution in [2.24, 2.45) is 5.73 Å². The fourth-order valence-electron chi connectivity index (χ4n) is 3.02. The summed E-state index contributed by atoms with van der Waals surface area (Å²) < 4.78 is 6.64. The zero-order valence-corrected chi connectivity index (χ0v) is 15.0. The molecule has 0 spiro atoms. The highest BCUT2D eigenvalue weighted by molar-refractivity contribution is 6.99. The van der Waals surface area contributed by atoms with E-state index in [1.807, 2.05) is 6.92 Å². The Morgan fingerprint density at radius 2 is 1.32 bits per heavy atom. The van der Waals surface area contributed by atoms with Crippen molar-refractivity contribution in [2.75, 3.05) is 6.61 Å². The lowest BCUT2D eigenvalue weighted by Gasteiger charge is -2.43. The molecule has 0 heterocycles. The number of rotatable bonds is 5. The minimum Gasteiger partial charge on any atom is -0.406 e. The molecule has 2 N–H and O–H groups in total. The third-order valence-electron chi connectivity index (χ3n) is 3.98. The quantitative estimate of drug-likeness (QED) is 0.862. The van der Waals surface area contributed by atoms with Crippen molar-refractivity contribution in [1.82, 2.24) is 0 Å². The Morgan fingerprint density at radius 3 is 1.64 bits per heavy atom. The Labute approximate surface area is 135 Å². The molecule has 2 aromatic rings. The molecule has 2 aromatic carbocycles. The van der Waals surface area contributed by atoms with Gasteiger partial charge in [-0.25, -0.2) is 0 Å². The van der Waals surface area contributed by atoms with Crippen LogP contribution in [0.2, 0.25) is 5.04 Å². The van der Waals surface area contributed by atoms with E-state index in [-0.39, 0.29) is 11.1 Å². The van der Waals surface area contributed by atoms with E-state index >= 15 is 0 Å². The lowest BCUT2D eigenvalue weighted by molar-refractivity contribution is 0.278. The Balaban J connectivity index is 2.64. The summed E-state index contributed by atoms with van der Waals surface area (Å²) in [6.45, 7) is 9.41. The van der Waals surface area contributed by atoms with Crippen LogP contribution in [-0.2, 0) is 4.43 Å². The first-order valence-corrected chi connectivity index (χ1v) is 9.79. The summed E-state index contributed by atoms with van der Waals surface area (Å²) in [5, 5.41) is 2.62. The van der Waals surface area contributed by atoms with Crippen LogP contribution in [0, 0.1) is 0 Å². The molecule has 0 saturated carbocycles. The Kier molecular flexibility index (Phi) is 5.22. The van der Waals surface area contributed by atoms with Crippen molar-refractivity contribution >= 4 is 18.7 Å². The smallest absolute Gasteiger partial charge is 0.261 e. The van der Waals surface area contributed by atoms with E-state index in [1.165, 1.54) is 10.4 Å². The summed E-state index contributed by atoms with van der Waals surface area (Å²) in [7, 11) is -2.39. The van der Waals surface area contributed by atoms with Crippen LogP contribution >= 0.6 is 0 Å². The summed E-state index contributed by atoms with van der Waals surface area (Å²) >= 11 is 0. The van der Waals surface area contributed by atoms with Crippen molar-refractivity contribution in [2.45, 2.75) is 38.8 Å². The van der Waals surface area contributed by atoms with E-state index in [2.05, 4.69) is 81.4 Å². The molecule has 1 unspecified atom stereocenters. The van der Waals surface area contributed by atoms with Gasteiger partial charge in [-0.15, -0.1) is 0 Å². The molecule has 1 atom stereocenters. The third-order valence-corrected chi connectivity index (χ3v) is 8.98.